The summed E-state index contributed by atoms with van der Waals surface area (Å²) < 4.78 is 46.8. The Morgan fingerprint density at radius 1 is 1.19 bits per heavy atom. The minimum Gasteiger partial charge on any atom is -0.368 e. The second kappa shape index (κ2) is 10.7. The maximum Gasteiger partial charge on any atom is 0.513 e. The predicted molar refractivity (Wildman–Crippen MR) is 121 cm³/mol. The van der Waals surface area contributed by atoms with Crippen LogP contribution < -0.4 is 11.1 Å². The number of aromatic nitrogens is 4. The molecule has 14 heteroatoms. The average Bonchev–Trinajstić information content (AvgIpc) is 3.07. The fourth-order valence-electron chi connectivity index (χ4n) is 3.46. The van der Waals surface area contributed by atoms with Crippen LogP contribution in [-0.4, -0.2) is 45.1 Å². The SMILES string of the molecule is C[P+](=O)OP(=O)(C/C=C/Cn1cnc2c(NC3CCCCC3)nc(N)nc21)O[P+](C)=O. The molecule has 0 spiro atoms. The van der Waals surface area contributed by atoms with Gasteiger partial charge in [-0.15, -0.1) is 0 Å². The third-order valence-electron chi connectivity index (χ3n) is 4.70. The standard InChI is InChI=1S/C17H27N6O5P3/c1-29(24)27-31(26,28-30(2)25)11-7-6-10-23-12-19-14-15(21-17(18)22-16(14)23)20-13-8-4-3-5-9-13/h6-7,12-13H,3-5,8-11H2,1-2H3,(H3,18,20,21,22)/q+2/b7-6+. The molecule has 2 atom stereocenters. The maximum absolute atomic E-state index is 12.6. The van der Waals surface area contributed by atoms with Gasteiger partial charge in [-0.1, -0.05) is 40.0 Å². The van der Waals surface area contributed by atoms with E-state index >= 15 is 0 Å². The van der Waals surface area contributed by atoms with E-state index in [-0.39, 0.29) is 12.1 Å². The number of fused-ring (bicyclic) bond motifs is 1. The highest BCUT2D eigenvalue weighted by atomic mass is 31.3. The van der Waals surface area contributed by atoms with Gasteiger partial charge in [0.05, 0.1) is 12.5 Å². The summed E-state index contributed by atoms with van der Waals surface area (Å²) in [5.41, 5.74) is 7.13. The van der Waals surface area contributed by atoms with Crippen molar-refractivity contribution in [2.45, 2.75) is 44.7 Å². The zero-order chi connectivity index (χ0) is 22.4. The van der Waals surface area contributed by atoms with Crippen LogP contribution in [0.15, 0.2) is 18.5 Å². The minimum absolute atomic E-state index is 0.154. The van der Waals surface area contributed by atoms with Crippen LogP contribution in [0.5, 0.6) is 0 Å². The van der Waals surface area contributed by atoms with E-state index < -0.39 is 23.7 Å². The number of nitrogens with zero attached hydrogens (tertiary/aromatic N) is 4. The average molecular weight is 488 g/mol. The van der Waals surface area contributed by atoms with Gasteiger partial charge in [-0.25, -0.2) is 4.98 Å². The lowest BCUT2D eigenvalue weighted by Crippen LogP contribution is -2.23. The first-order chi connectivity index (χ1) is 14.8. The van der Waals surface area contributed by atoms with Gasteiger partial charge in [0.2, 0.25) is 5.95 Å². The molecule has 11 nitrogen and oxygen atoms in total. The first kappa shape index (κ1) is 23.9. The van der Waals surface area contributed by atoms with Crippen molar-refractivity contribution in [1.82, 2.24) is 19.5 Å². The molecule has 0 saturated heterocycles. The summed E-state index contributed by atoms with van der Waals surface area (Å²) in [5, 5.41) is 3.45. The molecule has 3 rings (SSSR count). The zero-order valence-corrected chi connectivity index (χ0v) is 20.2. The Kier molecular flexibility index (Phi) is 8.25. The number of rotatable bonds is 10. The summed E-state index contributed by atoms with van der Waals surface area (Å²) in [6.07, 6.45) is 10.6. The minimum atomic E-state index is -3.76. The lowest BCUT2D eigenvalue weighted by molar-refractivity contribution is 0.397. The van der Waals surface area contributed by atoms with Gasteiger partial charge in [-0.05, 0) is 22.0 Å². The van der Waals surface area contributed by atoms with E-state index in [4.69, 9.17) is 14.4 Å². The summed E-state index contributed by atoms with van der Waals surface area (Å²) >= 11 is 0. The summed E-state index contributed by atoms with van der Waals surface area (Å²) in [6.45, 7) is 2.89. The van der Waals surface area contributed by atoms with Gasteiger partial charge in [-0.3, -0.25) is 4.57 Å². The smallest absolute Gasteiger partial charge is 0.368 e. The molecular weight excluding hydrogens is 461 g/mol. The van der Waals surface area contributed by atoms with Crippen molar-refractivity contribution in [3.05, 3.63) is 18.5 Å². The number of hydrogen-bond acceptors (Lipinski definition) is 10. The molecule has 2 unspecified atom stereocenters. The highest BCUT2D eigenvalue weighted by Gasteiger charge is 2.40. The van der Waals surface area contributed by atoms with Gasteiger partial charge in [0.25, 0.3) is 0 Å². The van der Waals surface area contributed by atoms with Crippen molar-refractivity contribution in [3.63, 3.8) is 0 Å². The molecule has 1 aliphatic rings. The van der Waals surface area contributed by atoms with Gasteiger partial charge in [0.15, 0.2) is 30.3 Å². The van der Waals surface area contributed by atoms with Gasteiger partial charge in [0.1, 0.15) is 0 Å². The van der Waals surface area contributed by atoms with Crippen LogP contribution in [0.2, 0.25) is 0 Å². The molecule has 1 saturated carbocycles. The van der Waals surface area contributed by atoms with E-state index in [0.717, 1.165) is 12.8 Å². The third kappa shape index (κ3) is 6.86. The van der Waals surface area contributed by atoms with Gasteiger partial charge in [0, 0.05) is 12.6 Å². The molecule has 31 heavy (non-hydrogen) atoms. The zero-order valence-electron chi connectivity index (χ0n) is 17.5. The van der Waals surface area contributed by atoms with Crippen LogP contribution >= 0.6 is 23.7 Å². The summed E-state index contributed by atoms with van der Waals surface area (Å²) in [5.74, 6) is 0.781. The monoisotopic (exact) mass is 488 g/mol. The van der Waals surface area contributed by atoms with Crippen LogP contribution in [-0.2, 0) is 28.9 Å². The van der Waals surface area contributed by atoms with E-state index in [9.17, 15) is 13.7 Å². The van der Waals surface area contributed by atoms with Crippen molar-refractivity contribution in [3.8, 4) is 0 Å². The Hall–Kier alpha value is -1.76. The number of nitrogens with two attached hydrogens (primary N) is 1. The van der Waals surface area contributed by atoms with E-state index in [1.54, 1.807) is 23.0 Å². The summed E-state index contributed by atoms with van der Waals surface area (Å²) in [7, 11) is -8.09. The first-order valence-electron chi connectivity index (χ1n) is 9.96. The van der Waals surface area contributed by atoms with Crippen molar-refractivity contribution < 1.29 is 22.3 Å². The molecule has 0 bridgehead atoms. The van der Waals surface area contributed by atoms with Crippen molar-refractivity contribution in [2.75, 3.05) is 30.5 Å². The number of imidazole rings is 1. The van der Waals surface area contributed by atoms with Gasteiger partial charge >= 0.3 is 23.7 Å². The maximum atomic E-state index is 12.6. The second-order valence-corrected chi connectivity index (χ2v) is 11.9. The molecule has 0 amide bonds. The predicted octanol–water partition coefficient (Wildman–Crippen LogP) is 4.68. The number of allylic oxidation sites excluding steroid dienone is 2. The molecule has 0 radical (unpaired) electrons. The van der Waals surface area contributed by atoms with Gasteiger partial charge in [-0.2, -0.15) is 9.97 Å². The van der Waals surface area contributed by atoms with Crippen LogP contribution in [0, 0.1) is 0 Å². The van der Waals surface area contributed by atoms with Gasteiger partial charge < -0.3 is 15.6 Å². The molecule has 168 valence electrons. The lowest BCUT2D eigenvalue weighted by Gasteiger charge is -2.23. The molecule has 2 aromatic heterocycles. The Balaban J connectivity index is 1.72. The van der Waals surface area contributed by atoms with Crippen molar-refractivity contribution in [1.29, 1.82) is 0 Å². The molecule has 1 aliphatic carbocycles. The molecule has 0 aromatic carbocycles. The first-order valence-corrected chi connectivity index (χ1v) is 14.9. The van der Waals surface area contributed by atoms with E-state index in [0.29, 0.717) is 29.6 Å². The van der Waals surface area contributed by atoms with E-state index in [1.165, 1.54) is 32.6 Å². The molecule has 3 N–H and O–H groups in total. The molecule has 2 heterocycles. The van der Waals surface area contributed by atoms with Crippen molar-refractivity contribution >= 4 is 46.6 Å². The fraction of sp³-hybridized carbons (Fsp3) is 0.588. The van der Waals surface area contributed by atoms with Crippen LogP contribution in [0.3, 0.4) is 0 Å². The quantitative estimate of drug-likeness (QED) is 0.356. The third-order valence-corrected chi connectivity index (χ3v) is 9.19. The molecule has 1 fully saturated rings. The topological polar surface area (TPSA) is 151 Å². The lowest BCUT2D eigenvalue weighted by atomic mass is 9.95. The summed E-state index contributed by atoms with van der Waals surface area (Å²) in [4.78, 5) is 13.1. The Morgan fingerprint density at radius 2 is 1.87 bits per heavy atom. The van der Waals surface area contributed by atoms with Crippen LogP contribution in [0.4, 0.5) is 11.8 Å². The summed E-state index contributed by atoms with van der Waals surface area (Å²) in [6, 6.07) is 0.348. The highest BCUT2D eigenvalue weighted by molar-refractivity contribution is 7.66. The normalized spacial score (nSPS) is 18.3. The number of hydrogen-bond donors (Lipinski definition) is 2. The number of nitrogen functional groups attached to an aromatic ring is 1. The van der Waals surface area contributed by atoms with Crippen LogP contribution in [0.1, 0.15) is 32.1 Å². The fourth-order valence-corrected chi connectivity index (χ4v) is 7.59. The Bertz CT molecular complexity index is 1020. The number of nitrogens with one attached hydrogen (secondary N) is 1. The Labute approximate surface area is 182 Å². The molecule has 2 aromatic rings. The largest absolute Gasteiger partial charge is 0.513 e. The second-order valence-electron chi connectivity index (χ2n) is 7.29. The van der Waals surface area contributed by atoms with Crippen molar-refractivity contribution in [2.24, 2.45) is 0 Å². The van der Waals surface area contributed by atoms with Crippen LogP contribution in [0.25, 0.3) is 11.2 Å². The molecule has 0 aliphatic heterocycles. The highest BCUT2D eigenvalue weighted by Crippen LogP contribution is 2.59. The number of anilines is 2. The van der Waals surface area contributed by atoms with E-state index in [1.807, 2.05) is 0 Å². The Morgan fingerprint density at radius 3 is 2.52 bits per heavy atom. The van der Waals surface area contributed by atoms with E-state index in [2.05, 4.69) is 20.3 Å². The molecular formula is C17H27N6O5P3+2.